The van der Waals surface area contributed by atoms with E-state index in [0.29, 0.717) is 5.92 Å². The summed E-state index contributed by atoms with van der Waals surface area (Å²) in [4.78, 5) is 4.39. The molecule has 2 unspecified atom stereocenters. The van der Waals surface area contributed by atoms with Crippen LogP contribution in [0.4, 0.5) is 0 Å². The first-order valence-electron chi connectivity index (χ1n) is 5.25. The van der Waals surface area contributed by atoms with Gasteiger partial charge in [-0.05, 0) is 17.7 Å². The van der Waals surface area contributed by atoms with Crippen molar-refractivity contribution < 1.29 is 5.11 Å². The lowest BCUT2D eigenvalue weighted by Gasteiger charge is -2.18. The van der Waals surface area contributed by atoms with Crippen LogP contribution < -0.4 is 0 Å². The van der Waals surface area contributed by atoms with Crippen molar-refractivity contribution in [3.8, 4) is 0 Å². The van der Waals surface area contributed by atoms with Gasteiger partial charge >= 0.3 is 0 Å². The van der Waals surface area contributed by atoms with Gasteiger partial charge in [-0.3, -0.25) is 4.99 Å². The first-order valence-corrected chi connectivity index (χ1v) is 5.25. The molecule has 0 radical (unpaired) electrons. The Kier molecular flexibility index (Phi) is 2.97. The van der Waals surface area contributed by atoms with Crippen molar-refractivity contribution in [2.75, 3.05) is 0 Å². The number of hydrogen-bond acceptors (Lipinski definition) is 2. The average Bonchev–Trinajstić information content (AvgIpc) is 2.50. The number of aliphatic hydroxyl groups is 1. The molecule has 2 atom stereocenters. The second kappa shape index (κ2) is 4.41. The molecule has 2 rings (SSSR count). The zero-order valence-corrected chi connectivity index (χ0v) is 8.80. The minimum absolute atomic E-state index is 0.322. The molecule has 1 aliphatic carbocycles. The maximum atomic E-state index is 9.54. The Morgan fingerprint density at radius 2 is 2.27 bits per heavy atom. The van der Waals surface area contributed by atoms with Gasteiger partial charge in [-0.1, -0.05) is 31.2 Å². The van der Waals surface area contributed by atoms with Crippen molar-refractivity contribution in [2.45, 2.75) is 19.4 Å². The summed E-state index contributed by atoms with van der Waals surface area (Å²) in [7, 11) is 0. The van der Waals surface area contributed by atoms with Gasteiger partial charge in [0.15, 0.2) is 0 Å². The van der Waals surface area contributed by atoms with Gasteiger partial charge in [0.1, 0.15) is 0 Å². The van der Waals surface area contributed by atoms with E-state index in [9.17, 15) is 5.11 Å². The van der Waals surface area contributed by atoms with Crippen LogP contribution >= 0.6 is 0 Å². The summed E-state index contributed by atoms with van der Waals surface area (Å²) in [5.74, 6) is 0.322. The highest BCUT2D eigenvalue weighted by atomic mass is 16.3. The summed E-state index contributed by atoms with van der Waals surface area (Å²) in [6, 6.07) is 0. The second-order valence-corrected chi connectivity index (χ2v) is 3.81. The minimum Gasteiger partial charge on any atom is -0.385 e. The Bertz CT molecular complexity index is 385. The summed E-state index contributed by atoms with van der Waals surface area (Å²) in [5.41, 5.74) is 2.06. The van der Waals surface area contributed by atoms with E-state index in [1.54, 1.807) is 0 Å². The van der Waals surface area contributed by atoms with Gasteiger partial charge in [0.05, 0.1) is 11.8 Å². The number of aliphatic imine (C=N–C) groups is 1. The van der Waals surface area contributed by atoms with Gasteiger partial charge in [-0.15, -0.1) is 0 Å². The molecule has 0 amide bonds. The molecule has 78 valence electrons. The topological polar surface area (TPSA) is 32.6 Å². The van der Waals surface area contributed by atoms with Gasteiger partial charge in [0.2, 0.25) is 0 Å². The molecule has 1 N–H and O–H groups in total. The quantitative estimate of drug-likeness (QED) is 0.649. The van der Waals surface area contributed by atoms with E-state index in [-0.39, 0.29) is 0 Å². The molecule has 0 bridgehead atoms. The molecule has 0 aromatic carbocycles. The van der Waals surface area contributed by atoms with Crippen LogP contribution in [0, 0.1) is 5.92 Å². The van der Waals surface area contributed by atoms with Crippen molar-refractivity contribution in [1.29, 1.82) is 0 Å². The largest absolute Gasteiger partial charge is 0.385 e. The fraction of sp³-hybridized carbons (Fsp3) is 0.308. The Labute approximate surface area is 90.0 Å². The lowest BCUT2D eigenvalue weighted by molar-refractivity contribution is 0.267. The smallest absolute Gasteiger partial charge is 0.0909 e. The van der Waals surface area contributed by atoms with Crippen LogP contribution in [0.2, 0.25) is 0 Å². The van der Waals surface area contributed by atoms with E-state index in [0.717, 1.165) is 17.7 Å². The first kappa shape index (κ1) is 10.1. The van der Waals surface area contributed by atoms with Crippen LogP contribution in [0.3, 0.4) is 0 Å². The molecule has 0 saturated carbocycles. The summed E-state index contributed by atoms with van der Waals surface area (Å²) >= 11 is 0. The summed E-state index contributed by atoms with van der Waals surface area (Å²) in [5, 5.41) is 9.54. The SMILES string of the molecule is CC1C=CC(O)C=C1C1=CC=CCC=N1. The summed E-state index contributed by atoms with van der Waals surface area (Å²) in [6.07, 6.45) is 14.1. The zero-order valence-electron chi connectivity index (χ0n) is 8.80. The van der Waals surface area contributed by atoms with Crippen LogP contribution in [0.1, 0.15) is 13.3 Å². The van der Waals surface area contributed by atoms with Crippen LogP contribution in [0.15, 0.2) is 52.7 Å². The second-order valence-electron chi connectivity index (χ2n) is 3.81. The average molecular weight is 201 g/mol. The Hall–Kier alpha value is -1.41. The number of aliphatic hydroxyl groups excluding tert-OH is 1. The number of allylic oxidation sites excluding steroid dienone is 5. The molecule has 1 aliphatic heterocycles. The first-order chi connectivity index (χ1) is 7.27. The standard InChI is InChI=1S/C13H15NO/c1-10-6-7-11(15)9-12(10)13-5-3-2-4-8-14-13/h2-3,5-11,15H,4H2,1H3. The number of hydrogen-bond donors (Lipinski definition) is 1. The molecule has 2 heteroatoms. The van der Waals surface area contributed by atoms with E-state index in [4.69, 9.17) is 0 Å². The fourth-order valence-corrected chi connectivity index (χ4v) is 1.76. The molecule has 2 aliphatic rings. The Morgan fingerprint density at radius 3 is 3.13 bits per heavy atom. The van der Waals surface area contributed by atoms with E-state index in [1.807, 2.05) is 36.6 Å². The van der Waals surface area contributed by atoms with Crippen molar-refractivity contribution in [3.05, 3.63) is 47.7 Å². The third-order valence-electron chi connectivity index (χ3n) is 2.60. The Morgan fingerprint density at radius 1 is 1.40 bits per heavy atom. The maximum Gasteiger partial charge on any atom is 0.0909 e. The predicted octanol–water partition coefficient (Wildman–Crippen LogP) is 2.39. The predicted molar refractivity (Wildman–Crippen MR) is 62.7 cm³/mol. The molecule has 2 nitrogen and oxygen atoms in total. The van der Waals surface area contributed by atoms with Crippen LogP contribution in [0.5, 0.6) is 0 Å². The molecule has 0 fully saturated rings. The lowest BCUT2D eigenvalue weighted by Crippen LogP contribution is -2.10. The molecule has 0 aromatic heterocycles. The van der Waals surface area contributed by atoms with Gasteiger partial charge < -0.3 is 5.11 Å². The maximum absolute atomic E-state index is 9.54. The molecular weight excluding hydrogens is 186 g/mol. The molecular formula is C13H15NO. The highest BCUT2D eigenvalue weighted by Gasteiger charge is 2.15. The van der Waals surface area contributed by atoms with E-state index in [2.05, 4.69) is 18.0 Å². The van der Waals surface area contributed by atoms with Gasteiger partial charge in [0.25, 0.3) is 0 Å². The van der Waals surface area contributed by atoms with Gasteiger partial charge in [-0.2, -0.15) is 0 Å². The highest BCUT2D eigenvalue weighted by Crippen LogP contribution is 2.26. The molecule has 0 aromatic rings. The molecule has 1 heterocycles. The zero-order chi connectivity index (χ0) is 10.7. The number of rotatable bonds is 1. The normalized spacial score (nSPS) is 29.7. The molecule has 15 heavy (non-hydrogen) atoms. The third kappa shape index (κ3) is 2.34. The fourth-order valence-electron chi connectivity index (χ4n) is 1.76. The van der Waals surface area contributed by atoms with Gasteiger partial charge in [0, 0.05) is 18.6 Å². The lowest BCUT2D eigenvalue weighted by atomic mass is 9.91. The third-order valence-corrected chi connectivity index (χ3v) is 2.60. The van der Waals surface area contributed by atoms with Crippen LogP contribution in [-0.4, -0.2) is 17.4 Å². The van der Waals surface area contributed by atoms with E-state index in [1.165, 1.54) is 0 Å². The van der Waals surface area contributed by atoms with Crippen LogP contribution in [0.25, 0.3) is 0 Å². The van der Waals surface area contributed by atoms with E-state index < -0.39 is 6.10 Å². The molecule has 0 saturated heterocycles. The Balaban J connectivity index is 2.29. The van der Waals surface area contributed by atoms with Crippen molar-refractivity contribution in [2.24, 2.45) is 10.9 Å². The summed E-state index contributed by atoms with van der Waals surface area (Å²) < 4.78 is 0. The van der Waals surface area contributed by atoms with Gasteiger partial charge in [-0.25, -0.2) is 0 Å². The molecule has 0 spiro atoms. The van der Waals surface area contributed by atoms with Crippen molar-refractivity contribution in [1.82, 2.24) is 0 Å². The minimum atomic E-state index is -0.473. The van der Waals surface area contributed by atoms with Crippen LogP contribution in [-0.2, 0) is 0 Å². The summed E-state index contributed by atoms with van der Waals surface area (Å²) in [6.45, 7) is 2.11. The highest BCUT2D eigenvalue weighted by molar-refractivity contribution is 5.64. The van der Waals surface area contributed by atoms with Crippen molar-refractivity contribution >= 4 is 6.21 Å². The van der Waals surface area contributed by atoms with Crippen molar-refractivity contribution in [3.63, 3.8) is 0 Å². The monoisotopic (exact) mass is 201 g/mol. The number of nitrogens with zero attached hydrogens (tertiary/aromatic N) is 1. The van der Waals surface area contributed by atoms with E-state index >= 15 is 0 Å².